The van der Waals surface area contributed by atoms with E-state index in [1.54, 1.807) is 0 Å². The van der Waals surface area contributed by atoms with Crippen LogP contribution in [0.4, 0.5) is 8.78 Å². The first-order valence-corrected chi connectivity index (χ1v) is 7.55. The van der Waals surface area contributed by atoms with E-state index >= 15 is 0 Å². The molecule has 2 aromatic rings. The summed E-state index contributed by atoms with van der Waals surface area (Å²) in [5.74, 6) is -3.49. The van der Waals surface area contributed by atoms with E-state index in [2.05, 4.69) is 5.32 Å². The van der Waals surface area contributed by atoms with Crippen LogP contribution in [-0.4, -0.2) is 23.6 Å². The van der Waals surface area contributed by atoms with Crippen LogP contribution in [0, 0.1) is 11.6 Å². The summed E-state index contributed by atoms with van der Waals surface area (Å²) in [7, 11) is 0. The molecule has 0 aliphatic rings. The molecule has 2 N–H and O–H groups in total. The SMILES string of the molecule is CC(NC(=O)COC(=O)c1ccc(Cl)cc1O)c1ccc(F)cc1F. The molecule has 25 heavy (non-hydrogen) atoms. The Hall–Kier alpha value is -2.67. The lowest BCUT2D eigenvalue weighted by atomic mass is 10.1. The molecular formula is C17H14ClF2NO4. The van der Waals surface area contributed by atoms with Gasteiger partial charge in [0.2, 0.25) is 0 Å². The van der Waals surface area contributed by atoms with Gasteiger partial charge in [-0.2, -0.15) is 0 Å². The van der Waals surface area contributed by atoms with Gasteiger partial charge in [-0.1, -0.05) is 17.7 Å². The molecule has 0 fully saturated rings. The highest BCUT2D eigenvalue weighted by molar-refractivity contribution is 6.30. The van der Waals surface area contributed by atoms with E-state index in [-0.39, 0.29) is 21.9 Å². The van der Waals surface area contributed by atoms with Crippen LogP contribution in [0.25, 0.3) is 0 Å². The predicted octanol–water partition coefficient (Wildman–Crippen LogP) is 3.36. The Morgan fingerprint density at radius 1 is 1.24 bits per heavy atom. The summed E-state index contributed by atoms with van der Waals surface area (Å²) in [4.78, 5) is 23.6. The molecule has 2 rings (SSSR count). The summed E-state index contributed by atoms with van der Waals surface area (Å²) in [5, 5.41) is 12.3. The minimum Gasteiger partial charge on any atom is -0.507 e. The van der Waals surface area contributed by atoms with Gasteiger partial charge < -0.3 is 15.2 Å². The van der Waals surface area contributed by atoms with Crippen molar-refractivity contribution in [3.05, 3.63) is 64.2 Å². The minimum absolute atomic E-state index is 0.0939. The molecule has 0 saturated carbocycles. The van der Waals surface area contributed by atoms with Gasteiger partial charge in [0, 0.05) is 16.7 Å². The summed E-state index contributed by atoms with van der Waals surface area (Å²) >= 11 is 5.66. The van der Waals surface area contributed by atoms with Crippen LogP contribution in [-0.2, 0) is 9.53 Å². The van der Waals surface area contributed by atoms with Gasteiger partial charge in [-0.05, 0) is 31.2 Å². The Morgan fingerprint density at radius 2 is 1.96 bits per heavy atom. The highest BCUT2D eigenvalue weighted by Crippen LogP contribution is 2.22. The van der Waals surface area contributed by atoms with Crippen LogP contribution in [0.5, 0.6) is 5.75 Å². The lowest BCUT2D eigenvalue weighted by Crippen LogP contribution is -2.31. The molecule has 1 unspecified atom stereocenters. The normalized spacial score (nSPS) is 11.7. The van der Waals surface area contributed by atoms with Crippen LogP contribution < -0.4 is 5.32 Å². The average molecular weight is 370 g/mol. The maximum atomic E-state index is 13.6. The van der Waals surface area contributed by atoms with E-state index in [0.717, 1.165) is 12.1 Å². The molecule has 0 radical (unpaired) electrons. The average Bonchev–Trinajstić information content (AvgIpc) is 2.52. The van der Waals surface area contributed by atoms with Gasteiger partial charge in [0.05, 0.1) is 6.04 Å². The molecule has 1 atom stereocenters. The topological polar surface area (TPSA) is 75.6 Å². The molecule has 0 spiro atoms. The second-order valence-electron chi connectivity index (χ2n) is 5.19. The molecule has 0 heterocycles. The van der Waals surface area contributed by atoms with Crippen LogP contribution in [0.3, 0.4) is 0 Å². The van der Waals surface area contributed by atoms with E-state index in [0.29, 0.717) is 6.07 Å². The number of aromatic hydroxyl groups is 1. The summed E-state index contributed by atoms with van der Waals surface area (Å²) in [6, 6.07) is 6.05. The molecule has 132 valence electrons. The number of benzene rings is 2. The van der Waals surface area contributed by atoms with Crippen LogP contribution in [0.2, 0.25) is 5.02 Å². The first-order chi connectivity index (χ1) is 11.8. The van der Waals surface area contributed by atoms with Crippen molar-refractivity contribution < 1.29 is 28.2 Å². The number of hydrogen-bond donors (Lipinski definition) is 2. The van der Waals surface area contributed by atoms with Gasteiger partial charge in [0.1, 0.15) is 22.9 Å². The first kappa shape index (κ1) is 18.7. The van der Waals surface area contributed by atoms with Crippen molar-refractivity contribution in [3.63, 3.8) is 0 Å². The van der Waals surface area contributed by atoms with E-state index in [1.807, 2.05) is 0 Å². The van der Waals surface area contributed by atoms with E-state index in [1.165, 1.54) is 25.1 Å². The quantitative estimate of drug-likeness (QED) is 0.792. The van der Waals surface area contributed by atoms with Crippen molar-refractivity contribution in [2.24, 2.45) is 0 Å². The number of phenolic OH excluding ortho intramolecular Hbond substituents is 1. The fourth-order valence-electron chi connectivity index (χ4n) is 2.10. The molecule has 2 aromatic carbocycles. The maximum absolute atomic E-state index is 13.6. The highest BCUT2D eigenvalue weighted by Gasteiger charge is 2.17. The largest absolute Gasteiger partial charge is 0.507 e. The molecule has 0 bridgehead atoms. The Kier molecular flexibility index (Phi) is 5.93. The van der Waals surface area contributed by atoms with Crippen LogP contribution in [0.1, 0.15) is 28.9 Å². The van der Waals surface area contributed by atoms with Crippen molar-refractivity contribution in [1.29, 1.82) is 0 Å². The lowest BCUT2D eigenvalue weighted by Gasteiger charge is -2.15. The highest BCUT2D eigenvalue weighted by atomic mass is 35.5. The molecule has 1 amide bonds. The Bertz CT molecular complexity index is 813. The van der Waals surface area contributed by atoms with Gasteiger partial charge in [0.15, 0.2) is 6.61 Å². The zero-order chi connectivity index (χ0) is 18.6. The van der Waals surface area contributed by atoms with E-state index in [4.69, 9.17) is 16.3 Å². The van der Waals surface area contributed by atoms with Crippen molar-refractivity contribution >= 4 is 23.5 Å². The number of esters is 1. The number of rotatable bonds is 5. The smallest absolute Gasteiger partial charge is 0.342 e. The van der Waals surface area contributed by atoms with Gasteiger partial charge >= 0.3 is 5.97 Å². The van der Waals surface area contributed by atoms with Crippen molar-refractivity contribution in [3.8, 4) is 5.75 Å². The third-order valence-corrected chi connectivity index (χ3v) is 3.56. The molecule has 0 aromatic heterocycles. The number of carbonyl (C=O) groups is 2. The van der Waals surface area contributed by atoms with Gasteiger partial charge in [-0.25, -0.2) is 13.6 Å². The second-order valence-corrected chi connectivity index (χ2v) is 5.63. The Balaban J connectivity index is 1.92. The maximum Gasteiger partial charge on any atom is 0.342 e. The summed E-state index contributed by atoms with van der Waals surface area (Å²) in [6.07, 6.45) is 0. The Labute approximate surface area is 147 Å². The number of ether oxygens (including phenoxy) is 1. The Morgan fingerprint density at radius 3 is 2.60 bits per heavy atom. The predicted molar refractivity (Wildman–Crippen MR) is 86.3 cm³/mol. The molecule has 0 saturated heterocycles. The third-order valence-electron chi connectivity index (χ3n) is 3.32. The van der Waals surface area contributed by atoms with Gasteiger partial charge in [0.25, 0.3) is 5.91 Å². The molecule has 8 heteroatoms. The van der Waals surface area contributed by atoms with Crippen molar-refractivity contribution in [1.82, 2.24) is 5.32 Å². The zero-order valence-electron chi connectivity index (χ0n) is 13.1. The van der Waals surface area contributed by atoms with Crippen molar-refractivity contribution in [2.45, 2.75) is 13.0 Å². The van der Waals surface area contributed by atoms with Crippen LogP contribution in [0.15, 0.2) is 36.4 Å². The van der Waals surface area contributed by atoms with Crippen LogP contribution >= 0.6 is 11.6 Å². The molecule has 5 nitrogen and oxygen atoms in total. The third kappa shape index (κ3) is 4.90. The van der Waals surface area contributed by atoms with Gasteiger partial charge in [-0.3, -0.25) is 4.79 Å². The fraction of sp³-hybridized carbons (Fsp3) is 0.176. The minimum atomic E-state index is -0.912. The summed E-state index contributed by atoms with van der Waals surface area (Å²) in [5.41, 5.74) is -0.0498. The number of carbonyl (C=O) groups excluding carboxylic acids is 2. The number of nitrogens with one attached hydrogen (secondary N) is 1. The molecule has 0 aliphatic heterocycles. The number of halogens is 3. The number of hydrogen-bond acceptors (Lipinski definition) is 4. The summed E-state index contributed by atoms with van der Waals surface area (Å²) in [6.45, 7) is 0.870. The monoisotopic (exact) mass is 369 g/mol. The second kappa shape index (κ2) is 7.94. The van der Waals surface area contributed by atoms with E-state index < -0.39 is 36.2 Å². The zero-order valence-corrected chi connectivity index (χ0v) is 13.8. The fourth-order valence-corrected chi connectivity index (χ4v) is 2.27. The summed E-state index contributed by atoms with van der Waals surface area (Å²) < 4.78 is 31.3. The van der Waals surface area contributed by atoms with E-state index in [9.17, 15) is 23.5 Å². The van der Waals surface area contributed by atoms with Gasteiger partial charge in [-0.15, -0.1) is 0 Å². The molecular weight excluding hydrogens is 356 g/mol. The first-order valence-electron chi connectivity index (χ1n) is 7.18. The van der Waals surface area contributed by atoms with Crippen molar-refractivity contribution in [2.75, 3.05) is 6.61 Å². The number of amides is 1. The number of phenols is 1. The molecule has 0 aliphatic carbocycles. The lowest BCUT2D eigenvalue weighted by molar-refractivity contribution is -0.124. The standard InChI is InChI=1S/C17H14ClF2NO4/c1-9(12-5-3-11(19)7-14(12)20)21-16(23)8-25-17(24)13-4-2-10(18)6-15(13)22/h2-7,9,22H,8H2,1H3,(H,21,23).